The van der Waals surface area contributed by atoms with E-state index in [-0.39, 0.29) is 49.6 Å². The molecule has 1 heterocycles. The molecule has 2 aromatic rings. The third-order valence-electron chi connectivity index (χ3n) is 5.36. The lowest BCUT2D eigenvalue weighted by atomic mass is 10.1. The van der Waals surface area contributed by atoms with Crippen molar-refractivity contribution in [1.82, 2.24) is 15.1 Å². The van der Waals surface area contributed by atoms with E-state index in [1.807, 2.05) is 0 Å². The predicted octanol–water partition coefficient (Wildman–Crippen LogP) is 2.37. The zero-order chi connectivity index (χ0) is 22.5. The van der Waals surface area contributed by atoms with Crippen LogP contribution in [0.25, 0.3) is 0 Å². The van der Waals surface area contributed by atoms with Crippen molar-refractivity contribution in [3.05, 3.63) is 71.0 Å². The zero-order valence-corrected chi connectivity index (χ0v) is 17.4. The molecule has 0 spiro atoms. The molecule has 1 N–H and O–H groups in total. The summed E-state index contributed by atoms with van der Waals surface area (Å²) in [4.78, 5) is 52.4. The van der Waals surface area contributed by atoms with Gasteiger partial charge in [0.1, 0.15) is 11.9 Å². The Hall–Kier alpha value is -3.55. The molecule has 0 aliphatic carbocycles. The van der Waals surface area contributed by atoms with Crippen LogP contribution in [0.4, 0.5) is 4.39 Å². The molecule has 162 valence electrons. The third-order valence-corrected chi connectivity index (χ3v) is 5.36. The highest BCUT2D eigenvalue weighted by atomic mass is 19.1. The van der Waals surface area contributed by atoms with Crippen LogP contribution in [0.15, 0.2) is 48.5 Å². The van der Waals surface area contributed by atoms with Gasteiger partial charge in [-0.2, -0.15) is 0 Å². The van der Waals surface area contributed by atoms with Crippen LogP contribution in [-0.2, 0) is 16.1 Å². The second-order valence-corrected chi connectivity index (χ2v) is 7.31. The molecule has 3 rings (SSSR count). The van der Waals surface area contributed by atoms with Crippen molar-refractivity contribution in [2.75, 3.05) is 13.6 Å². The number of likely N-dealkylation sites (N-methyl/N-ethyl adjacent to an activating group) is 1. The van der Waals surface area contributed by atoms with Crippen LogP contribution >= 0.6 is 0 Å². The van der Waals surface area contributed by atoms with Crippen LogP contribution in [0.3, 0.4) is 0 Å². The van der Waals surface area contributed by atoms with E-state index in [1.165, 1.54) is 18.0 Å². The molecule has 8 heteroatoms. The van der Waals surface area contributed by atoms with Gasteiger partial charge < -0.3 is 10.2 Å². The lowest BCUT2D eigenvalue weighted by molar-refractivity contribution is -0.140. The van der Waals surface area contributed by atoms with Gasteiger partial charge in [0.2, 0.25) is 11.8 Å². The van der Waals surface area contributed by atoms with E-state index in [4.69, 9.17) is 0 Å². The van der Waals surface area contributed by atoms with Crippen molar-refractivity contribution in [2.24, 2.45) is 0 Å². The van der Waals surface area contributed by atoms with Gasteiger partial charge in [-0.3, -0.25) is 24.1 Å². The van der Waals surface area contributed by atoms with Crippen LogP contribution in [0, 0.1) is 5.82 Å². The monoisotopic (exact) mass is 425 g/mol. The van der Waals surface area contributed by atoms with Crippen molar-refractivity contribution in [3.8, 4) is 0 Å². The quantitative estimate of drug-likeness (QED) is 0.658. The van der Waals surface area contributed by atoms with Crippen molar-refractivity contribution >= 4 is 23.6 Å². The van der Waals surface area contributed by atoms with E-state index in [2.05, 4.69) is 5.32 Å². The average Bonchev–Trinajstić information content (AvgIpc) is 3.02. The van der Waals surface area contributed by atoms with Gasteiger partial charge >= 0.3 is 0 Å². The van der Waals surface area contributed by atoms with Crippen LogP contribution in [0.1, 0.15) is 46.0 Å². The second kappa shape index (κ2) is 9.51. The number of hydrogen-bond acceptors (Lipinski definition) is 4. The Balaban J connectivity index is 1.67. The largest absolute Gasteiger partial charge is 0.357 e. The van der Waals surface area contributed by atoms with Gasteiger partial charge in [-0.1, -0.05) is 30.3 Å². The molecule has 31 heavy (non-hydrogen) atoms. The van der Waals surface area contributed by atoms with Gasteiger partial charge in [-0.25, -0.2) is 4.39 Å². The fourth-order valence-electron chi connectivity index (χ4n) is 3.58. The smallest absolute Gasteiger partial charge is 0.261 e. The molecule has 1 atom stereocenters. The summed E-state index contributed by atoms with van der Waals surface area (Å²) in [6.07, 6.45) is 0.238. The number of nitrogens with zero attached hydrogens (tertiary/aromatic N) is 2. The van der Waals surface area contributed by atoms with Crippen molar-refractivity contribution in [2.45, 2.75) is 32.4 Å². The maximum Gasteiger partial charge on any atom is 0.261 e. The number of carbonyl (C=O) groups excluding carboxylic acids is 4. The number of rotatable bonds is 8. The molecule has 0 radical (unpaired) electrons. The minimum absolute atomic E-state index is 0.00317. The van der Waals surface area contributed by atoms with E-state index in [0.29, 0.717) is 16.7 Å². The fourth-order valence-corrected chi connectivity index (χ4v) is 3.58. The lowest BCUT2D eigenvalue weighted by Crippen LogP contribution is -2.47. The van der Waals surface area contributed by atoms with Gasteiger partial charge in [-0.15, -0.1) is 0 Å². The molecular formula is C23H24FN3O4. The minimum Gasteiger partial charge on any atom is -0.357 e. The molecule has 1 aliphatic rings. The molecule has 0 saturated heterocycles. The summed E-state index contributed by atoms with van der Waals surface area (Å²) < 4.78 is 14.1. The molecule has 1 aliphatic heterocycles. The molecular weight excluding hydrogens is 401 g/mol. The summed E-state index contributed by atoms with van der Waals surface area (Å²) in [5.74, 6) is -1.96. The fraction of sp³-hybridized carbons (Fsp3) is 0.304. The summed E-state index contributed by atoms with van der Waals surface area (Å²) in [6.45, 7) is 1.59. The number of halogens is 1. The van der Waals surface area contributed by atoms with E-state index < -0.39 is 11.9 Å². The topological polar surface area (TPSA) is 86.8 Å². The number of hydrogen-bond donors (Lipinski definition) is 1. The molecule has 7 nitrogen and oxygen atoms in total. The van der Waals surface area contributed by atoms with E-state index >= 15 is 0 Å². The first-order chi connectivity index (χ1) is 14.8. The molecule has 0 aromatic heterocycles. The number of fused-ring (bicyclic) bond motifs is 1. The van der Waals surface area contributed by atoms with Gasteiger partial charge in [0, 0.05) is 32.1 Å². The number of amides is 4. The highest BCUT2D eigenvalue weighted by Crippen LogP contribution is 2.23. The number of benzene rings is 2. The van der Waals surface area contributed by atoms with E-state index in [0.717, 1.165) is 4.90 Å². The highest BCUT2D eigenvalue weighted by Gasteiger charge is 2.35. The van der Waals surface area contributed by atoms with Crippen LogP contribution < -0.4 is 5.32 Å². The van der Waals surface area contributed by atoms with Crippen LogP contribution in [-0.4, -0.2) is 53.1 Å². The van der Waals surface area contributed by atoms with Gasteiger partial charge in [0.15, 0.2) is 0 Å². The predicted molar refractivity (Wildman–Crippen MR) is 112 cm³/mol. The highest BCUT2D eigenvalue weighted by molar-refractivity contribution is 6.21. The first-order valence-electron chi connectivity index (χ1n) is 10.0. The SMILES string of the molecule is CNC(=O)[C@H](C)N(Cc1ccccc1F)C(=O)CCCN1C(=O)c2ccccc2C1=O. The first-order valence-corrected chi connectivity index (χ1v) is 10.0. The second-order valence-electron chi connectivity index (χ2n) is 7.31. The number of imide groups is 1. The lowest BCUT2D eigenvalue weighted by Gasteiger charge is -2.28. The zero-order valence-electron chi connectivity index (χ0n) is 17.4. The molecule has 4 amide bonds. The Kier molecular flexibility index (Phi) is 6.79. The Bertz CT molecular complexity index is 988. The van der Waals surface area contributed by atoms with Crippen molar-refractivity contribution in [3.63, 3.8) is 0 Å². The molecule has 0 bridgehead atoms. The van der Waals surface area contributed by atoms with Crippen LogP contribution in [0.2, 0.25) is 0 Å². The Labute approximate surface area is 179 Å². The standard InChI is InChI=1S/C23H24FN3O4/c1-15(21(29)25-2)27(14-16-8-3-6-11-19(16)24)20(28)12-7-13-26-22(30)17-9-4-5-10-18(17)23(26)31/h3-6,8-11,15H,7,12-14H2,1-2H3,(H,25,29)/t15-/m0/s1. The van der Waals surface area contributed by atoms with Crippen LogP contribution in [0.5, 0.6) is 0 Å². The van der Waals surface area contributed by atoms with E-state index in [1.54, 1.807) is 49.4 Å². The molecule has 0 saturated carbocycles. The Morgan fingerprint density at radius 2 is 1.61 bits per heavy atom. The molecule has 0 unspecified atom stereocenters. The number of carbonyl (C=O) groups is 4. The van der Waals surface area contributed by atoms with Crippen molar-refractivity contribution in [1.29, 1.82) is 0 Å². The summed E-state index contributed by atoms with van der Waals surface area (Å²) in [6, 6.07) is 11.8. The summed E-state index contributed by atoms with van der Waals surface area (Å²) in [7, 11) is 1.47. The van der Waals surface area contributed by atoms with Gasteiger partial charge in [-0.05, 0) is 31.5 Å². The average molecular weight is 425 g/mol. The van der Waals surface area contributed by atoms with Gasteiger partial charge in [0.25, 0.3) is 11.8 Å². The number of nitrogens with one attached hydrogen (secondary N) is 1. The van der Waals surface area contributed by atoms with Crippen molar-refractivity contribution < 1.29 is 23.6 Å². The summed E-state index contributed by atoms with van der Waals surface area (Å²) in [5, 5.41) is 2.50. The maximum absolute atomic E-state index is 14.1. The van der Waals surface area contributed by atoms with E-state index in [9.17, 15) is 23.6 Å². The Morgan fingerprint density at radius 1 is 1.03 bits per heavy atom. The third kappa shape index (κ3) is 4.63. The molecule has 2 aromatic carbocycles. The first kappa shape index (κ1) is 22.1. The Morgan fingerprint density at radius 3 is 2.19 bits per heavy atom. The van der Waals surface area contributed by atoms with Gasteiger partial charge in [0.05, 0.1) is 11.1 Å². The molecule has 0 fully saturated rings. The normalized spacial score (nSPS) is 13.7. The summed E-state index contributed by atoms with van der Waals surface area (Å²) >= 11 is 0. The minimum atomic E-state index is -0.809. The maximum atomic E-state index is 14.1. The summed E-state index contributed by atoms with van der Waals surface area (Å²) in [5.41, 5.74) is 1.01.